The first-order chi connectivity index (χ1) is 9.11. The van der Waals surface area contributed by atoms with Crippen molar-refractivity contribution in [3.05, 3.63) is 47.5 Å². The number of anilines is 1. The van der Waals surface area contributed by atoms with Gasteiger partial charge in [-0.15, -0.1) is 0 Å². The van der Waals surface area contributed by atoms with Gasteiger partial charge in [-0.05, 0) is 45.0 Å². The number of nitrogens with zero attached hydrogens (tertiary/aromatic N) is 2. The number of pyridine rings is 1. The fraction of sp³-hybridized carbons (Fsp3) is 0.286. The number of carbonyl (C=O) groups excluding carboxylic acids is 1. The Morgan fingerprint density at radius 3 is 2.58 bits per heavy atom. The monoisotopic (exact) mass is 258 g/mol. The normalized spacial score (nSPS) is 10.3. The van der Waals surface area contributed by atoms with E-state index in [4.69, 9.17) is 0 Å². The van der Waals surface area contributed by atoms with Gasteiger partial charge in [-0.25, -0.2) is 0 Å². The van der Waals surface area contributed by atoms with Crippen LogP contribution in [-0.4, -0.2) is 22.1 Å². The molecule has 0 aliphatic heterocycles. The summed E-state index contributed by atoms with van der Waals surface area (Å²) in [6.07, 6.45) is 1.63. The van der Waals surface area contributed by atoms with Gasteiger partial charge in [0.05, 0.1) is 5.69 Å². The summed E-state index contributed by atoms with van der Waals surface area (Å²) in [6.45, 7) is 6.51. The van der Waals surface area contributed by atoms with Crippen molar-refractivity contribution in [3.8, 4) is 0 Å². The molecule has 5 nitrogen and oxygen atoms in total. The van der Waals surface area contributed by atoms with Crippen molar-refractivity contribution in [1.82, 2.24) is 15.0 Å². The number of nitrogens with one attached hydrogen (secondary N) is 2. The van der Waals surface area contributed by atoms with E-state index < -0.39 is 0 Å². The fourth-order valence-electron chi connectivity index (χ4n) is 1.85. The molecule has 0 aliphatic rings. The number of aryl methyl sites for hydroxylation is 2. The van der Waals surface area contributed by atoms with Gasteiger partial charge in [0.15, 0.2) is 0 Å². The van der Waals surface area contributed by atoms with Crippen LogP contribution in [-0.2, 0) is 0 Å². The lowest BCUT2D eigenvalue weighted by atomic mass is 10.3. The molecule has 100 valence electrons. The van der Waals surface area contributed by atoms with E-state index in [1.807, 2.05) is 43.6 Å². The van der Waals surface area contributed by atoms with E-state index in [9.17, 15) is 4.79 Å². The highest BCUT2D eigenvalue weighted by atomic mass is 16.1. The van der Waals surface area contributed by atoms with Crippen molar-refractivity contribution in [1.29, 1.82) is 0 Å². The maximum absolute atomic E-state index is 11.7. The lowest BCUT2D eigenvalue weighted by Gasteiger charge is -2.13. The van der Waals surface area contributed by atoms with Crippen molar-refractivity contribution < 1.29 is 4.79 Å². The first kappa shape index (κ1) is 13.1. The van der Waals surface area contributed by atoms with Crippen LogP contribution >= 0.6 is 0 Å². The van der Waals surface area contributed by atoms with Gasteiger partial charge in [-0.2, -0.15) is 0 Å². The maximum atomic E-state index is 11.7. The van der Waals surface area contributed by atoms with Gasteiger partial charge in [-0.1, -0.05) is 0 Å². The number of hydrogen-bond acceptors (Lipinski definition) is 3. The third-order valence-electron chi connectivity index (χ3n) is 2.84. The highest BCUT2D eigenvalue weighted by molar-refractivity contribution is 5.93. The third-order valence-corrected chi connectivity index (χ3v) is 2.84. The summed E-state index contributed by atoms with van der Waals surface area (Å²) < 4.78 is 1.97. The average Bonchev–Trinajstić information content (AvgIpc) is 2.71. The van der Waals surface area contributed by atoms with Crippen LogP contribution in [0.15, 0.2) is 30.5 Å². The van der Waals surface area contributed by atoms with E-state index in [0.29, 0.717) is 12.2 Å². The van der Waals surface area contributed by atoms with Gasteiger partial charge in [0, 0.05) is 24.1 Å². The van der Waals surface area contributed by atoms with Gasteiger partial charge >= 0.3 is 0 Å². The number of carbonyl (C=O) groups is 1. The van der Waals surface area contributed by atoms with Crippen molar-refractivity contribution >= 4 is 11.6 Å². The maximum Gasteiger partial charge on any atom is 0.269 e. The molecule has 0 atom stereocenters. The molecular formula is C14H18N4O. The minimum atomic E-state index is -0.160. The van der Waals surface area contributed by atoms with Crippen LogP contribution in [0.1, 0.15) is 28.8 Å². The summed E-state index contributed by atoms with van der Waals surface area (Å²) in [6, 6.07) is 7.65. The summed E-state index contributed by atoms with van der Waals surface area (Å²) >= 11 is 0. The Balaban J connectivity index is 2.22. The van der Waals surface area contributed by atoms with Crippen LogP contribution in [0.5, 0.6) is 0 Å². The highest BCUT2D eigenvalue weighted by Crippen LogP contribution is 2.12. The first-order valence-corrected chi connectivity index (χ1v) is 6.28. The fourth-order valence-corrected chi connectivity index (χ4v) is 1.85. The molecule has 0 aliphatic carbocycles. The lowest BCUT2D eigenvalue weighted by Crippen LogP contribution is -2.24. The highest BCUT2D eigenvalue weighted by Gasteiger charge is 2.07. The average molecular weight is 258 g/mol. The lowest BCUT2D eigenvalue weighted by molar-refractivity contribution is 0.0951. The molecule has 0 unspecified atom stereocenters. The van der Waals surface area contributed by atoms with E-state index in [2.05, 4.69) is 15.7 Å². The summed E-state index contributed by atoms with van der Waals surface area (Å²) in [5.74, 6) is -0.160. The van der Waals surface area contributed by atoms with Crippen molar-refractivity contribution in [2.75, 3.05) is 12.0 Å². The molecular weight excluding hydrogens is 240 g/mol. The predicted molar refractivity (Wildman–Crippen MR) is 75.2 cm³/mol. The number of hydrogen-bond donors (Lipinski definition) is 2. The van der Waals surface area contributed by atoms with Crippen LogP contribution in [0.25, 0.3) is 0 Å². The topological polar surface area (TPSA) is 59.0 Å². The second-order valence-corrected chi connectivity index (χ2v) is 4.35. The van der Waals surface area contributed by atoms with Crippen LogP contribution in [0.3, 0.4) is 0 Å². The minimum absolute atomic E-state index is 0.160. The Labute approximate surface area is 112 Å². The SMILES string of the molecule is CCNC(=O)c1cc(Nn2c(C)ccc2C)ccn1. The molecule has 0 radical (unpaired) electrons. The first-order valence-electron chi connectivity index (χ1n) is 6.28. The number of rotatable bonds is 4. The van der Waals surface area contributed by atoms with E-state index in [-0.39, 0.29) is 5.91 Å². The molecule has 1 amide bonds. The molecule has 2 aromatic rings. The molecule has 0 spiro atoms. The van der Waals surface area contributed by atoms with Gasteiger partial charge in [0.2, 0.25) is 0 Å². The Kier molecular flexibility index (Phi) is 3.85. The largest absolute Gasteiger partial charge is 0.351 e. The van der Waals surface area contributed by atoms with Crippen LogP contribution in [0.2, 0.25) is 0 Å². The standard InChI is InChI=1S/C14H18N4O/c1-4-15-14(19)13-9-12(7-8-16-13)17-18-10(2)5-6-11(18)3/h5-9H,4H2,1-3H3,(H,15,19)(H,16,17). The van der Waals surface area contributed by atoms with Gasteiger partial charge < -0.3 is 5.32 Å². The summed E-state index contributed by atoms with van der Waals surface area (Å²) in [5, 5.41) is 2.73. The zero-order chi connectivity index (χ0) is 13.8. The number of amides is 1. The molecule has 0 aromatic carbocycles. The Hall–Kier alpha value is -2.30. The predicted octanol–water partition coefficient (Wildman–Crippen LogP) is 2.12. The van der Waals surface area contributed by atoms with E-state index >= 15 is 0 Å². The molecule has 2 heterocycles. The zero-order valence-corrected chi connectivity index (χ0v) is 11.4. The van der Waals surface area contributed by atoms with Gasteiger partial charge in [-0.3, -0.25) is 19.9 Å². The number of aromatic nitrogens is 2. The molecule has 2 rings (SSSR count). The molecule has 19 heavy (non-hydrogen) atoms. The van der Waals surface area contributed by atoms with Crippen molar-refractivity contribution in [2.24, 2.45) is 0 Å². The van der Waals surface area contributed by atoms with Gasteiger partial charge in [0.1, 0.15) is 5.69 Å². The summed E-state index contributed by atoms with van der Waals surface area (Å²) in [7, 11) is 0. The van der Waals surface area contributed by atoms with Crippen LogP contribution in [0, 0.1) is 13.8 Å². The van der Waals surface area contributed by atoms with Gasteiger partial charge in [0.25, 0.3) is 5.91 Å². The van der Waals surface area contributed by atoms with Crippen molar-refractivity contribution in [3.63, 3.8) is 0 Å². The molecule has 5 heteroatoms. The zero-order valence-electron chi connectivity index (χ0n) is 11.4. The second-order valence-electron chi connectivity index (χ2n) is 4.35. The minimum Gasteiger partial charge on any atom is -0.351 e. The third kappa shape index (κ3) is 2.93. The van der Waals surface area contributed by atoms with E-state index in [1.165, 1.54) is 0 Å². The second kappa shape index (κ2) is 5.56. The van der Waals surface area contributed by atoms with E-state index in [0.717, 1.165) is 17.1 Å². The molecule has 0 bridgehead atoms. The molecule has 2 aromatic heterocycles. The van der Waals surface area contributed by atoms with Crippen molar-refractivity contribution in [2.45, 2.75) is 20.8 Å². The molecule has 2 N–H and O–H groups in total. The quantitative estimate of drug-likeness (QED) is 0.883. The smallest absolute Gasteiger partial charge is 0.269 e. The Morgan fingerprint density at radius 1 is 1.26 bits per heavy atom. The molecule has 0 saturated heterocycles. The Morgan fingerprint density at radius 2 is 1.95 bits per heavy atom. The molecule has 0 fully saturated rings. The molecule has 0 saturated carbocycles. The summed E-state index contributed by atoms with van der Waals surface area (Å²) in [4.78, 5) is 15.8. The summed E-state index contributed by atoms with van der Waals surface area (Å²) in [5.41, 5.74) is 6.71. The van der Waals surface area contributed by atoms with Crippen LogP contribution < -0.4 is 10.7 Å². The van der Waals surface area contributed by atoms with E-state index in [1.54, 1.807) is 12.3 Å². The van der Waals surface area contributed by atoms with Crippen LogP contribution in [0.4, 0.5) is 5.69 Å². The Bertz CT molecular complexity index is 569.